The summed E-state index contributed by atoms with van der Waals surface area (Å²) in [6.45, 7) is 5.09. The number of benzene rings is 1. The lowest BCUT2D eigenvalue weighted by Crippen LogP contribution is -2.29. The van der Waals surface area contributed by atoms with E-state index in [2.05, 4.69) is 11.1 Å². The number of hydrogen-bond donors (Lipinski definition) is 1. The van der Waals surface area contributed by atoms with Gasteiger partial charge in [0.1, 0.15) is 5.75 Å². The topological polar surface area (TPSA) is 64.1 Å². The van der Waals surface area contributed by atoms with Crippen molar-refractivity contribution in [1.29, 1.82) is 0 Å². The third-order valence-corrected chi connectivity index (χ3v) is 3.03. The maximum absolute atomic E-state index is 11.5. The van der Waals surface area contributed by atoms with Gasteiger partial charge >= 0.3 is 5.69 Å². The molecule has 5 heteroatoms. The van der Waals surface area contributed by atoms with Crippen LogP contribution in [0.5, 0.6) is 5.75 Å². The highest BCUT2D eigenvalue weighted by atomic mass is 16.5. The van der Waals surface area contributed by atoms with Gasteiger partial charge in [-0.3, -0.25) is 9.78 Å². The van der Waals surface area contributed by atoms with Gasteiger partial charge in [0.15, 0.2) is 0 Å². The van der Waals surface area contributed by atoms with Gasteiger partial charge in [0.25, 0.3) is 5.56 Å². The smallest absolute Gasteiger partial charge is 0.328 e. The van der Waals surface area contributed by atoms with Gasteiger partial charge in [0.2, 0.25) is 0 Å². The Labute approximate surface area is 116 Å². The summed E-state index contributed by atoms with van der Waals surface area (Å²) in [5.41, 5.74) is 1.54. The van der Waals surface area contributed by atoms with Gasteiger partial charge in [-0.05, 0) is 31.9 Å². The van der Waals surface area contributed by atoms with E-state index in [0.29, 0.717) is 19.6 Å². The van der Waals surface area contributed by atoms with Gasteiger partial charge in [-0.1, -0.05) is 17.7 Å². The summed E-state index contributed by atoms with van der Waals surface area (Å²) in [5.74, 6) is 0.865. The predicted molar refractivity (Wildman–Crippen MR) is 77.4 cm³/mol. The third-order valence-electron chi connectivity index (χ3n) is 3.03. The molecule has 0 saturated carbocycles. The van der Waals surface area contributed by atoms with E-state index in [-0.39, 0.29) is 11.2 Å². The molecule has 0 amide bonds. The molecule has 2 aromatic rings. The zero-order valence-electron chi connectivity index (χ0n) is 11.7. The molecule has 0 radical (unpaired) electrons. The monoisotopic (exact) mass is 274 g/mol. The Hall–Kier alpha value is -2.30. The molecular weight excluding hydrogens is 256 g/mol. The van der Waals surface area contributed by atoms with Crippen LogP contribution in [0.2, 0.25) is 0 Å². The molecule has 0 aliphatic heterocycles. The first-order valence-electron chi connectivity index (χ1n) is 6.56. The molecule has 1 aromatic carbocycles. The van der Waals surface area contributed by atoms with Gasteiger partial charge in [-0.15, -0.1) is 0 Å². The Morgan fingerprint density at radius 2 is 2.00 bits per heavy atom. The summed E-state index contributed by atoms with van der Waals surface area (Å²) in [5, 5.41) is 0. The average Bonchev–Trinajstić information content (AvgIpc) is 2.39. The summed E-state index contributed by atoms with van der Waals surface area (Å²) in [6, 6.07) is 7.37. The fraction of sp³-hybridized carbons (Fsp3) is 0.333. The molecule has 0 aliphatic rings. The van der Waals surface area contributed by atoms with Crippen LogP contribution in [-0.2, 0) is 6.54 Å². The van der Waals surface area contributed by atoms with Crippen molar-refractivity contribution >= 4 is 0 Å². The normalized spacial score (nSPS) is 10.5. The van der Waals surface area contributed by atoms with Gasteiger partial charge in [-0.25, -0.2) is 4.79 Å². The van der Waals surface area contributed by atoms with Crippen LogP contribution in [0.25, 0.3) is 0 Å². The van der Waals surface area contributed by atoms with Gasteiger partial charge in [0, 0.05) is 18.8 Å². The van der Waals surface area contributed by atoms with Gasteiger partial charge in [-0.2, -0.15) is 0 Å². The molecule has 0 aliphatic carbocycles. The Bertz CT molecular complexity index is 701. The van der Waals surface area contributed by atoms with Crippen molar-refractivity contribution in [3.63, 3.8) is 0 Å². The summed E-state index contributed by atoms with van der Waals surface area (Å²) >= 11 is 0. The molecule has 0 bridgehead atoms. The Morgan fingerprint density at radius 1 is 1.20 bits per heavy atom. The highest BCUT2D eigenvalue weighted by Crippen LogP contribution is 2.18. The van der Waals surface area contributed by atoms with Crippen LogP contribution in [0.3, 0.4) is 0 Å². The lowest BCUT2D eigenvalue weighted by molar-refractivity contribution is 0.298. The SMILES string of the molecule is Cc1ccc(OCCCn2ccc(=O)[nH]c2=O)c(C)c1. The van der Waals surface area contributed by atoms with Crippen molar-refractivity contribution in [2.75, 3.05) is 6.61 Å². The zero-order valence-corrected chi connectivity index (χ0v) is 11.7. The number of H-pyrrole nitrogens is 1. The number of aromatic nitrogens is 2. The summed E-state index contributed by atoms with van der Waals surface area (Å²) < 4.78 is 7.15. The third kappa shape index (κ3) is 3.60. The minimum absolute atomic E-state index is 0.377. The van der Waals surface area contributed by atoms with Crippen molar-refractivity contribution in [1.82, 2.24) is 9.55 Å². The lowest BCUT2D eigenvalue weighted by Gasteiger charge is -2.10. The molecule has 0 atom stereocenters. The van der Waals surface area contributed by atoms with E-state index in [4.69, 9.17) is 4.74 Å². The molecule has 1 N–H and O–H groups in total. The standard InChI is InChI=1S/C15H18N2O3/c1-11-4-5-13(12(2)10-11)20-9-3-7-17-8-6-14(18)16-15(17)19/h4-6,8,10H,3,7,9H2,1-2H3,(H,16,18,19). The number of nitrogens with zero attached hydrogens (tertiary/aromatic N) is 1. The van der Waals surface area contributed by atoms with Crippen LogP contribution in [-0.4, -0.2) is 16.2 Å². The largest absolute Gasteiger partial charge is 0.493 e. The molecule has 0 fully saturated rings. The summed E-state index contributed by atoms with van der Waals surface area (Å²) in [6.07, 6.45) is 2.19. The minimum Gasteiger partial charge on any atom is -0.493 e. The Kier molecular flexibility index (Phi) is 4.40. The zero-order chi connectivity index (χ0) is 14.5. The quantitative estimate of drug-likeness (QED) is 0.843. The Morgan fingerprint density at radius 3 is 2.70 bits per heavy atom. The molecule has 0 saturated heterocycles. The first-order valence-corrected chi connectivity index (χ1v) is 6.56. The first-order chi connectivity index (χ1) is 9.56. The van der Waals surface area contributed by atoms with Crippen LogP contribution in [0.1, 0.15) is 17.5 Å². The summed E-state index contributed by atoms with van der Waals surface area (Å²) in [4.78, 5) is 24.6. The van der Waals surface area contributed by atoms with Crippen molar-refractivity contribution in [2.24, 2.45) is 0 Å². The van der Waals surface area contributed by atoms with Crippen molar-refractivity contribution in [3.8, 4) is 5.75 Å². The molecule has 2 rings (SSSR count). The number of rotatable bonds is 5. The lowest BCUT2D eigenvalue weighted by atomic mass is 10.1. The van der Waals surface area contributed by atoms with E-state index in [1.54, 1.807) is 0 Å². The molecule has 106 valence electrons. The maximum atomic E-state index is 11.5. The molecule has 20 heavy (non-hydrogen) atoms. The molecule has 0 unspecified atom stereocenters. The van der Waals surface area contributed by atoms with E-state index in [0.717, 1.165) is 11.3 Å². The predicted octanol–water partition coefficient (Wildman–Crippen LogP) is 1.62. The van der Waals surface area contributed by atoms with E-state index in [9.17, 15) is 9.59 Å². The Balaban J connectivity index is 1.87. The fourth-order valence-corrected chi connectivity index (χ4v) is 2.00. The minimum atomic E-state index is -0.385. The number of aryl methyl sites for hydroxylation is 3. The van der Waals surface area contributed by atoms with Crippen molar-refractivity contribution in [2.45, 2.75) is 26.8 Å². The van der Waals surface area contributed by atoms with Crippen molar-refractivity contribution in [3.05, 3.63) is 62.4 Å². The number of hydrogen-bond acceptors (Lipinski definition) is 3. The average molecular weight is 274 g/mol. The van der Waals surface area contributed by atoms with E-state index in [1.807, 2.05) is 26.0 Å². The maximum Gasteiger partial charge on any atom is 0.328 e. The number of aromatic amines is 1. The first kappa shape index (κ1) is 14.1. The van der Waals surface area contributed by atoms with Crippen molar-refractivity contribution < 1.29 is 4.74 Å². The van der Waals surface area contributed by atoms with E-state index < -0.39 is 0 Å². The summed E-state index contributed by atoms with van der Waals surface area (Å²) in [7, 11) is 0. The van der Waals surface area contributed by atoms with Crippen LogP contribution < -0.4 is 16.0 Å². The van der Waals surface area contributed by atoms with Crippen LogP contribution in [0.15, 0.2) is 40.1 Å². The van der Waals surface area contributed by atoms with E-state index >= 15 is 0 Å². The second kappa shape index (κ2) is 6.23. The molecule has 1 aromatic heterocycles. The van der Waals surface area contributed by atoms with Crippen LogP contribution in [0.4, 0.5) is 0 Å². The number of nitrogens with one attached hydrogen (secondary N) is 1. The van der Waals surface area contributed by atoms with Crippen LogP contribution in [0, 0.1) is 13.8 Å². The van der Waals surface area contributed by atoms with Gasteiger partial charge in [0.05, 0.1) is 6.61 Å². The second-order valence-electron chi connectivity index (χ2n) is 4.77. The highest BCUT2D eigenvalue weighted by molar-refractivity contribution is 5.35. The molecule has 5 nitrogen and oxygen atoms in total. The van der Waals surface area contributed by atoms with E-state index in [1.165, 1.54) is 22.4 Å². The highest BCUT2D eigenvalue weighted by Gasteiger charge is 2.00. The van der Waals surface area contributed by atoms with Crippen LogP contribution >= 0.6 is 0 Å². The fourth-order valence-electron chi connectivity index (χ4n) is 2.00. The second-order valence-corrected chi connectivity index (χ2v) is 4.77. The molecule has 1 heterocycles. The molecule has 0 spiro atoms. The molecular formula is C15H18N2O3. The van der Waals surface area contributed by atoms with Gasteiger partial charge < -0.3 is 9.30 Å². The number of ether oxygens (including phenoxy) is 1.